The molecule has 3 rings (SSSR count). The lowest BCUT2D eigenvalue weighted by molar-refractivity contribution is 0.100. The quantitative estimate of drug-likeness (QED) is 0.859. The molecule has 1 amide bonds. The van der Waals surface area contributed by atoms with Crippen LogP contribution < -0.4 is 11.1 Å². The van der Waals surface area contributed by atoms with Crippen molar-refractivity contribution in [2.45, 2.75) is 32.0 Å². The van der Waals surface area contributed by atoms with Crippen LogP contribution >= 0.6 is 0 Å². The number of primary amides is 1. The fourth-order valence-corrected chi connectivity index (χ4v) is 3.30. The van der Waals surface area contributed by atoms with Crippen LogP contribution in [-0.2, 0) is 6.54 Å². The SMILES string of the molecule is C[C@H](c1ccccc1)N1CC[C@@H](NCc2ccc(C(N)=O)cc2)C1. The number of carbonyl (C=O) groups excluding carboxylic acids is 1. The molecule has 1 aliphatic heterocycles. The minimum atomic E-state index is -0.379. The van der Waals surface area contributed by atoms with Crippen molar-refractivity contribution in [3.8, 4) is 0 Å². The lowest BCUT2D eigenvalue weighted by Gasteiger charge is -2.25. The van der Waals surface area contributed by atoms with Crippen LogP contribution in [0.3, 0.4) is 0 Å². The number of nitrogens with two attached hydrogens (primary N) is 1. The van der Waals surface area contributed by atoms with Crippen LogP contribution in [0.5, 0.6) is 0 Å². The topological polar surface area (TPSA) is 58.4 Å². The van der Waals surface area contributed by atoms with Crippen molar-refractivity contribution in [2.24, 2.45) is 5.73 Å². The van der Waals surface area contributed by atoms with Crippen molar-refractivity contribution in [1.29, 1.82) is 0 Å². The molecule has 0 spiro atoms. The maximum Gasteiger partial charge on any atom is 0.248 e. The summed E-state index contributed by atoms with van der Waals surface area (Å²) >= 11 is 0. The average molecular weight is 323 g/mol. The zero-order valence-corrected chi connectivity index (χ0v) is 14.1. The summed E-state index contributed by atoms with van der Waals surface area (Å²) in [6.07, 6.45) is 1.16. The highest BCUT2D eigenvalue weighted by molar-refractivity contribution is 5.92. The molecule has 2 aromatic rings. The molecule has 2 atom stereocenters. The Morgan fingerprint density at radius 1 is 1.21 bits per heavy atom. The molecule has 0 radical (unpaired) electrons. The third kappa shape index (κ3) is 4.02. The maximum atomic E-state index is 11.1. The molecule has 126 valence electrons. The summed E-state index contributed by atoms with van der Waals surface area (Å²) < 4.78 is 0. The van der Waals surface area contributed by atoms with Crippen molar-refractivity contribution in [3.05, 3.63) is 71.3 Å². The van der Waals surface area contributed by atoms with Crippen LogP contribution in [-0.4, -0.2) is 29.9 Å². The third-order valence-corrected chi connectivity index (χ3v) is 4.88. The van der Waals surface area contributed by atoms with Crippen molar-refractivity contribution >= 4 is 5.91 Å². The molecule has 0 aromatic heterocycles. The number of carbonyl (C=O) groups is 1. The van der Waals surface area contributed by atoms with Gasteiger partial charge in [0.2, 0.25) is 5.91 Å². The minimum Gasteiger partial charge on any atom is -0.366 e. The van der Waals surface area contributed by atoms with E-state index < -0.39 is 0 Å². The van der Waals surface area contributed by atoms with Gasteiger partial charge < -0.3 is 11.1 Å². The summed E-state index contributed by atoms with van der Waals surface area (Å²) in [4.78, 5) is 13.6. The van der Waals surface area contributed by atoms with Crippen LogP contribution in [0, 0.1) is 0 Å². The number of hydrogen-bond donors (Lipinski definition) is 2. The minimum absolute atomic E-state index is 0.379. The van der Waals surface area contributed by atoms with E-state index in [9.17, 15) is 4.79 Å². The highest BCUT2D eigenvalue weighted by Gasteiger charge is 2.26. The smallest absolute Gasteiger partial charge is 0.248 e. The number of nitrogens with one attached hydrogen (secondary N) is 1. The van der Waals surface area contributed by atoms with E-state index in [1.165, 1.54) is 11.1 Å². The van der Waals surface area contributed by atoms with Gasteiger partial charge in [0.1, 0.15) is 0 Å². The number of rotatable bonds is 6. The summed E-state index contributed by atoms with van der Waals surface area (Å²) in [5.41, 5.74) is 8.38. The summed E-state index contributed by atoms with van der Waals surface area (Å²) in [6.45, 7) is 5.28. The Morgan fingerprint density at radius 3 is 2.58 bits per heavy atom. The summed E-state index contributed by atoms with van der Waals surface area (Å²) in [7, 11) is 0. The van der Waals surface area contributed by atoms with E-state index in [1.54, 1.807) is 12.1 Å². The molecule has 0 unspecified atom stereocenters. The number of nitrogens with zero attached hydrogens (tertiary/aromatic N) is 1. The van der Waals surface area contributed by atoms with Crippen molar-refractivity contribution in [1.82, 2.24) is 10.2 Å². The average Bonchev–Trinajstić information content (AvgIpc) is 3.09. The molecule has 4 nitrogen and oxygen atoms in total. The molecular weight excluding hydrogens is 298 g/mol. The molecule has 1 aliphatic rings. The van der Waals surface area contributed by atoms with Crippen molar-refractivity contribution in [2.75, 3.05) is 13.1 Å². The lowest BCUT2D eigenvalue weighted by Crippen LogP contribution is -2.33. The van der Waals surface area contributed by atoms with Crippen LogP contribution in [0.4, 0.5) is 0 Å². The lowest BCUT2D eigenvalue weighted by atomic mass is 10.1. The van der Waals surface area contributed by atoms with E-state index in [0.29, 0.717) is 17.6 Å². The number of hydrogen-bond acceptors (Lipinski definition) is 3. The Balaban J connectivity index is 1.50. The Bertz CT molecular complexity index is 669. The molecular formula is C20H25N3O. The van der Waals surface area contributed by atoms with Gasteiger partial charge in [-0.2, -0.15) is 0 Å². The second-order valence-corrected chi connectivity index (χ2v) is 6.51. The van der Waals surface area contributed by atoms with Gasteiger partial charge in [-0.3, -0.25) is 9.69 Å². The van der Waals surface area contributed by atoms with Gasteiger partial charge in [-0.25, -0.2) is 0 Å². The van der Waals surface area contributed by atoms with Crippen LogP contribution in [0.2, 0.25) is 0 Å². The predicted molar refractivity (Wildman–Crippen MR) is 96.6 cm³/mol. The van der Waals surface area contributed by atoms with E-state index in [0.717, 1.165) is 26.1 Å². The first kappa shape index (κ1) is 16.7. The van der Waals surface area contributed by atoms with Gasteiger partial charge in [0.05, 0.1) is 0 Å². The first-order valence-corrected chi connectivity index (χ1v) is 8.54. The Kier molecular flexibility index (Phi) is 5.28. The van der Waals surface area contributed by atoms with E-state index in [-0.39, 0.29) is 5.91 Å². The Labute approximate surface area is 143 Å². The first-order valence-electron chi connectivity index (χ1n) is 8.54. The molecule has 0 saturated carbocycles. The standard InChI is InChI=1S/C20H25N3O/c1-15(17-5-3-2-4-6-17)23-12-11-19(14-23)22-13-16-7-9-18(10-8-16)20(21)24/h2-10,15,19,22H,11-14H2,1H3,(H2,21,24)/t15-,19-/m1/s1. The molecule has 1 saturated heterocycles. The van der Waals surface area contributed by atoms with Crippen molar-refractivity contribution in [3.63, 3.8) is 0 Å². The van der Waals surface area contributed by atoms with E-state index >= 15 is 0 Å². The highest BCUT2D eigenvalue weighted by atomic mass is 16.1. The molecule has 2 aromatic carbocycles. The molecule has 3 N–H and O–H groups in total. The van der Waals surface area contributed by atoms with E-state index in [2.05, 4.69) is 47.5 Å². The molecule has 4 heteroatoms. The number of benzene rings is 2. The van der Waals surface area contributed by atoms with Gasteiger partial charge in [0.15, 0.2) is 0 Å². The second-order valence-electron chi connectivity index (χ2n) is 6.51. The Hall–Kier alpha value is -2.17. The predicted octanol–water partition coefficient (Wildman–Crippen LogP) is 2.71. The fourth-order valence-electron chi connectivity index (χ4n) is 3.30. The normalized spacial score (nSPS) is 19.3. The maximum absolute atomic E-state index is 11.1. The van der Waals surface area contributed by atoms with Gasteiger partial charge in [0, 0.05) is 37.3 Å². The van der Waals surface area contributed by atoms with Gasteiger partial charge in [-0.1, -0.05) is 42.5 Å². The van der Waals surface area contributed by atoms with Crippen LogP contribution in [0.25, 0.3) is 0 Å². The first-order chi connectivity index (χ1) is 11.6. The van der Waals surface area contributed by atoms with Gasteiger partial charge >= 0.3 is 0 Å². The van der Waals surface area contributed by atoms with Gasteiger partial charge in [-0.15, -0.1) is 0 Å². The largest absolute Gasteiger partial charge is 0.366 e. The molecule has 0 bridgehead atoms. The highest BCUT2D eigenvalue weighted by Crippen LogP contribution is 2.24. The van der Waals surface area contributed by atoms with Crippen LogP contribution in [0.1, 0.15) is 40.9 Å². The van der Waals surface area contributed by atoms with Gasteiger partial charge in [-0.05, 0) is 36.6 Å². The molecule has 24 heavy (non-hydrogen) atoms. The summed E-state index contributed by atoms with van der Waals surface area (Å²) in [5.74, 6) is -0.379. The zero-order valence-electron chi connectivity index (χ0n) is 14.1. The molecule has 1 fully saturated rings. The Morgan fingerprint density at radius 2 is 1.92 bits per heavy atom. The monoisotopic (exact) mass is 323 g/mol. The van der Waals surface area contributed by atoms with Gasteiger partial charge in [0.25, 0.3) is 0 Å². The van der Waals surface area contributed by atoms with E-state index in [4.69, 9.17) is 5.73 Å². The van der Waals surface area contributed by atoms with E-state index in [1.807, 2.05) is 12.1 Å². The van der Waals surface area contributed by atoms with Crippen LogP contribution in [0.15, 0.2) is 54.6 Å². The number of amides is 1. The zero-order chi connectivity index (χ0) is 16.9. The third-order valence-electron chi connectivity index (χ3n) is 4.88. The van der Waals surface area contributed by atoms with Crippen molar-refractivity contribution < 1.29 is 4.79 Å². The summed E-state index contributed by atoms with van der Waals surface area (Å²) in [6, 6.07) is 19.1. The number of likely N-dealkylation sites (tertiary alicyclic amines) is 1. The summed E-state index contributed by atoms with van der Waals surface area (Å²) in [5, 5.41) is 3.63. The second kappa shape index (κ2) is 7.60. The fraction of sp³-hybridized carbons (Fsp3) is 0.350. The molecule has 1 heterocycles. The molecule has 0 aliphatic carbocycles.